The number of nitrogens with one attached hydrogen (secondary N) is 1. The lowest BCUT2D eigenvalue weighted by Gasteiger charge is -2.32. The zero-order valence-electron chi connectivity index (χ0n) is 12.4. The first-order chi connectivity index (χ1) is 10.0. The predicted octanol–water partition coefficient (Wildman–Crippen LogP) is 1.89. The van der Waals surface area contributed by atoms with Crippen LogP contribution in [-0.2, 0) is 4.79 Å². The maximum Gasteiger partial charge on any atom is 0.224 e. The van der Waals surface area contributed by atoms with Gasteiger partial charge in [-0.15, -0.1) is 0 Å². The number of anilines is 2. The third kappa shape index (κ3) is 5.19. The number of nitrogens with zero attached hydrogens (tertiary/aromatic N) is 2. The highest BCUT2D eigenvalue weighted by Gasteiger charge is 2.13. The second-order valence-electron chi connectivity index (χ2n) is 5.54. The van der Waals surface area contributed by atoms with Crippen molar-refractivity contribution >= 4 is 28.9 Å². The molecule has 0 spiro atoms. The van der Waals surface area contributed by atoms with E-state index in [1.165, 1.54) is 0 Å². The number of nitrogen functional groups attached to an aromatic ring is 1. The largest absolute Gasteiger partial charge is 0.399 e. The third-order valence-corrected chi connectivity index (χ3v) is 4.05. The van der Waals surface area contributed by atoms with E-state index in [4.69, 9.17) is 17.3 Å². The normalized spacial score (nSPS) is 16.9. The van der Waals surface area contributed by atoms with Crippen LogP contribution in [0, 0.1) is 0 Å². The number of carbonyl (C=O) groups is 1. The van der Waals surface area contributed by atoms with Crippen molar-refractivity contribution in [1.82, 2.24) is 9.80 Å². The van der Waals surface area contributed by atoms with E-state index in [1.54, 1.807) is 18.2 Å². The number of carbonyl (C=O) groups excluding carboxylic acids is 1. The number of amides is 1. The van der Waals surface area contributed by atoms with Crippen molar-refractivity contribution in [1.29, 1.82) is 0 Å². The summed E-state index contributed by atoms with van der Waals surface area (Å²) in [4.78, 5) is 16.6. The zero-order valence-corrected chi connectivity index (χ0v) is 13.2. The van der Waals surface area contributed by atoms with Crippen LogP contribution in [0.3, 0.4) is 0 Å². The average molecular weight is 311 g/mol. The fourth-order valence-electron chi connectivity index (χ4n) is 2.38. The van der Waals surface area contributed by atoms with Gasteiger partial charge in [0.2, 0.25) is 5.91 Å². The Balaban J connectivity index is 1.70. The molecular weight excluding hydrogens is 288 g/mol. The van der Waals surface area contributed by atoms with Crippen LogP contribution in [0.15, 0.2) is 18.2 Å². The van der Waals surface area contributed by atoms with E-state index in [1.807, 2.05) is 0 Å². The molecule has 1 heterocycles. The number of likely N-dealkylation sites (N-methyl/N-ethyl adjacent to an activating group) is 1. The molecule has 0 unspecified atom stereocenters. The van der Waals surface area contributed by atoms with Crippen LogP contribution >= 0.6 is 11.6 Å². The summed E-state index contributed by atoms with van der Waals surface area (Å²) in [7, 11) is 2.14. The molecule has 0 atom stereocenters. The molecule has 1 amide bonds. The number of hydrogen-bond acceptors (Lipinski definition) is 4. The standard InChI is InChI=1S/C15H23ClN4O/c1-19-7-9-20(10-8-19)6-2-3-15(21)18-14-5-4-12(17)11-13(14)16/h4-5,11H,2-3,6-10,17H2,1H3,(H,18,21). The lowest BCUT2D eigenvalue weighted by atomic mass is 10.2. The van der Waals surface area contributed by atoms with Gasteiger partial charge in [-0.2, -0.15) is 0 Å². The van der Waals surface area contributed by atoms with Crippen LogP contribution in [0.4, 0.5) is 11.4 Å². The molecule has 0 aliphatic carbocycles. The SMILES string of the molecule is CN1CCN(CCCC(=O)Nc2ccc(N)cc2Cl)CC1. The Kier molecular flexibility index (Phi) is 5.85. The molecule has 2 rings (SSSR count). The Hall–Kier alpha value is -1.30. The number of halogens is 1. The van der Waals surface area contributed by atoms with Gasteiger partial charge in [-0.25, -0.2) is 0 Å². The third-order valence-electron chi connectivity index (χ3n) is 3.74. The second-order valence-corrected chi connectivity index (χ2v) is 5.94. The monoisotopic (exact) mass is 310 g/mol. The summed E-state index contributed by atoms with van der Waals surface area (Å²) in [6, 6.07) is 5.10. The fraction of sp³-hybridized carbons (Fsp3) is 0.533. The van der Waals surface area contributed by atoms with Gasteiger partial charge in [-0.05, 0) is 38.2 Å². The molecule has 0 aromatic heterocycles. The van der Waals surface area contributed by atoms with Crippen molar-refractivity contribution in [3.63, 3.8) is 0 Å². The molecule has 1 aromatic rings. The van der Waals surface area contributed by atoms with E-state index in [9.17, 15) is 4.79 Å². The minimum Gasteiger partial charge on any atom is -0.399 e. The molecule has 116 valence electrons. The van der Waals surface area contributed by atoms with Gasteiger partial charge in [0.25, 0.3) is 0 Å². The number of hydrogen-bond donors (Lipinski definition) is 2. The van der Waals surface area contributed by atoms with Crippen molar-refractivity contribution in [3.8, 4) is 0 Å². The van der Waals surface area contributed by atoms with Gasteiger partial charge in [-0.3, -0.25) is 4.79 Å². The highest BCUT2D eigenvalue weighted by Crippen LogP contribution is 2.24. The Bertz CT molecular complexity index is 487. The first-order valence-corrected chi connectivity index (χ1v) is 7.68. The summed E-state index contributed by atoms with van der Waals surface area (Å²) in [5.41, 5.74) is 6.84. The molecule has 5 nitrogen and oxygen atoms in total. The predicted molar refractivity (Wildman–Crippen MR) is 87.7 cm³/mol. The molecule has 1 aliphatic heterocycles. The van der Waals surface area contributed by atoms with Crippen molar-refractivity contribution in [2.24, 2.45) is 0 Å². The molecule has 1 aliphatic rings. The van der Waals surface area contributed by atoms with Crippen molar-refractivity contribution < 1.29 is 4.79 Å². The van der Waals surface area contributed by atoms with Crippen molar-refractivity contribution in [3.05, 3.63) is 23.2 Å². The van der Waals surface area contributed by atoms with E-state index in [0.29, 0.717) is 22.8 Å². The van der Waals surface area contributed by atoms with Crippen molar-refractivity contribution in [2.45, 2.75) is 12.8 Å². The summed E-state index contributed by atoms with van der Waals surface area (Å²) in [5.74, 6) is -0.00389. The summed E-state index contributed by atoms with van der Waals surface area (Å²) >= 11 is 6.04. The first-order valence-electron chi connectivity index (χ1n) is 7.30. The molecule has 1 saturated heterocycles. The summed E-state index contributed by atoms with van der Waals surface area (Å²) in [6.45, 7) is 5.35. The number of benzene rings is 1. The molecule has 0 radical (unpaired) electrons. The molecule has 3 N–H and O–H groups in total. The fourth-order valence-corrected chi connectivity index (χ4v) is 2.62. The van der Waals surface area contributed by atoms with Crippen molar-refractivity contribution in [2.75, 3.05) is 50.8 Å². The summed E-state index contributed by atoms with van der Waals surface area (Å²) in [5, 5.41) is 3.30. The van der Waals surface area contributed by atoms with E-state index >= 15 is 0 Å². The van der Waals surface area contributed by atoms with Crippen LogP contribution in [0.1, 0.15) is 12.8 Å². The van der Waals surface area contributed by atoms with Crippen LogP contribution in [0.25, 0.3) is 0 Å². The van der Waals surface area contributed by atoms with E-state index < -0.39 is 0 Å². The molecule has 1 aromatic carbocycles. The lowest BCUT2D eigenvalue weighted by Crippen LogP contribution is -2.44. The minimum absolute atomic E-state index is 0.00389. The molecule has 0 bridgehead atoms. The van der Waals surface area contributed by atoms with Crippen LogP contribution < -0.4 is 11.1 Å². The molecule has 21 heavy (non-hydrogen) atoms. The zero-order chi connectivity index (χ0) is 15.2. The first kappa shape index (κ1) is 16.1. The van der Waals surface area contributed by atoms with E-state index in [0.717, 1.165) is 39.1 Å². The number of nitrogens with two attached hydrogens (primary N) is 1. The molecule has 6 heteroatoms. The highest BCUT2D eigenvalue weighted by atomic mass is 35.5. The Morgan fingerprint density at radius 2 is 2.05 bits per heavy atom. The molecule has 0 saturated carbocycles. The quantitative estimate of drug-likeness (QED) is 0.815. The number of rotatable bonds is 5. The summed E-state index contributed by atoms with van der Waals surface area (Å²) < 4.78 is 0. The molecular formula is C15H23ClN4O. The van der Waals surface area contributed by atoms with Crippen LogP contribution in [0.5, 0.6) is 0 Å². The van der Waals surface area contributed by atoms with Gasteiger partial charge < -0.3 is 20.9 Å². The van der Waals surface area contributed by atoms with Gasteiger partial charge in [-0.1, -0.05) is 11.6 Å². The smallest absolute Gasteiger partial charge is 0.224 e. The van der Waals surface area contributed by atoms with E-state index in [-0.39, 0.29) is 5.91 Å². The van der Waals surface area contributed by atoms with Crippen LogP contribution in [0.2, 0.25) is 5.02 Å². The minimum atomic E-state index is -0.00389. The second kappa shape index (κ2) is 7.64. The van der Waals surface area contributed by atoms with Gasteiger partial charge in [0.05, 0.1) is 10.7 Å². The Labute approximate surface area is 131 Å². The number of piperazine rings is 1. The average Bonchev–Trinajstić information content (AvgIpc) is 2.44. The van der Waals surface area contributed by atoms with E-state index in [2.05, 4.69) is 22.2 Å². The van der Waals surface area contributed by atoms with Crippen LogP contribution in [-0.4, -0.2) is 55.5 Å². The topological polar surface area (TPSA) is 61.6 Å². The van der Waals surface area contributed by atoms with Gasteiger partial charge in [0, 0.05) is 38.3 Å². The molecule has 1 fully saturated rings. The van der Waals surface area contributed by atoms with Gasteiger partial charge >= 0.3 is 0 Å². The van der Waals surface area contributed by atoms with Gasteiger partial charge in [0.1, 0.15) is 0 Å². The highest BCUT2D eigenvalue weighted by molar-refractivity contribution is 6.34. The Morgan fingerprint density at radius 3 is 2.71 bits per heavy atom. The summed E-state index contributed by atoms with van der Waals surface area (Å²) in [6.07, 6.45) is 1.37. The maximum absolute atomic E-state index is 11.9. The Morgan fingerprint density at radius 1 is 1.33 bits per heavy atom. The van der Waals surface area contributed by atoms with Gasteiger partial charge in [0.15, 0.2) is 0 Å². The lowest BCUT2D eigenvalue weighted by molar-refractivity contribution is -0.116. The maximum atomic E-state index is 11.9.